The van der Waals surface area contributed by atoms with Gasteiger partial charge in [-0.1, -0.05) is 38.1 Å². The van der Waals surface area contributed by atoms with E-state index in [2.05, 4.69) is 67.9 Å². The fourth-order valence-corrected chi connectivity index (χ4v) is 12.2. The van der Waals surface area contributed by atoms with Crippen molar-refractivity contribution in [2.45, 2.75) is 107 Å². The summed E-state index contributed by atoms with van der Waals surface area (Å²) in [6.07, 6.45) is 9.76. The molecule has 2 aliphatic carbocycles. The molecule has 10 rings (SSSR count). The Bertz CT molecular complexity index is 2790. The summed E-state index contributed by atoms with van der Waals surface area (Å²) in [5, 5.41) is 26.8. The summed E-state index contributed by atoms with van der Waals surface area (Å²) in [7, 11) is -4.65. The van der Waals surface area contributed by atoms with Crippen LogP contribution in [0.15, 0.2) is 84.0 Å². The van der Waals surface area contributed by atoms with Crippen LogP contribution in [0.2, 0.25) is 0 Å². The maximum absolute atomic E-state index is 14.1. The van der Waals surface area contributed by atoms with Crippen LogP contribution in [-0.2, 0) is 14.8 Å². The Morgan fingerprint density at radius 1 is 1.03 bits per heavy atom. The number of aromatic nitrogens is 2. The smallest absolute Gasteiger partial charge is 0.314 e. The van der Waals surface area contributed by atoms with Gasteiger partial charge in [0, 0.05) is 55.1 Å². The van der Waals surface area contributed by atoms with Gasteiger partial charge in [-0.25, -0.2) is 18.1 Å². The molecule has 5 aliphatic rings. The number of hydrogen-bond acceptors (Lipinski definition) is 13. The van der Waals surface area contributed by atoms with Crippen molar-refractivity contribution in [1.29, 1.82) is 0 Å². The van der Waals surface area contributed by atoms with Gasteiger partial charge in [0.1, 0.15) is 23.3 Å². The number of benzene rings is 3. The second-order valence-electron chi connectivity index (χ2n) is 19.9. The Labute approximate surface area is 390 Å². The minimum Gasteiger partial charge on any atom is -0.480 e. The van der Waals surface area contributed by atoms with Crippen molar-refractivity contribution in [3.8, 4) is 17.2 Å². The van der Waals surface area contributed by atoms with Crippen molar-refractivity contribution in [3.05, 3.63) is 106 Å². The molecule has 5 heterocycles. The van der Waals surface area contributed by atoms with Gasteiger partial charge < -0.3 is 34.5 Å². The zero-order chi connectivity index (χ0) is 46.7. The van der Waals surface area contributed by atoms with E-state index < -0.39 is 43.1 Å². The number of nitrogens with one attached hydrogen (secondary N) is 3. The molecule has 1 spiro atoms. The predicted octanol–water partition coefficient (Wildman–Crippen LogP) is 8.44. The third-order valence-corrected chi connectivity index (χ3v) is 16.4. The lowest BCUT2D eigenvalue weighted by Gasteiger charge is -2.57. The van der Waals surface area contributed by atoms with Crippen LogP contribution >= 0.6 is 0 Å². The molecule has 0 unspecified atom stereocenters. The number of amides is 1. The molecular formula is C50H59N7O9S. The molecular weight excluding hydrogens is 875 g/mol. The third-order valence-electron chi connectivity index (χ3n) is 15.1. The Balaban J connectivity index is 0.856. The van der Waals surface area contributed by atoms with Crippen LogP contribution in [0, 0.1) is 21.4 Å². The van der Waals surface area contributed by atoms with Crippen molar-refractivity contribution in [2.75, 3.05) is 49.6 Å². The van der Waals surface area contributed by atoms with E-state index in [4.69, 9.17) is 14.2 Å². The topological polar surface area (TPSA) is 201 Å². The minimum atomic E-state index is -4.65. The molecule has 3 aliphatic heterocycles. The molecule has 0 bridgehead atoms. The van der Waals surface area contributed by atoms with E-state index in [1.54, 1.807) is 31.3 Å². The normalized spacial score (nSPS) is 24.4. The SMILES string of the molecule is CC(C)c1ccccc1[C@H]1COCCN1C1CC2(CCN(c3ccc(C(=O)NS(=O)(=O)c4cc5c(c([N+](=O)[O-])c4)O[C@@H]([C@H]4CC[C@](C)(O)CC4)CN5)c(Oc4cnc5[nH]ccc5c4)c3)CC2)C1. The molecule has 2 aromatic heterocycles. The Morgan fingerprint density at radius 3 is 2.57 bits per heavy atom. The number of carbonyl (C=O) groups is 1. The largest absolute Gasteiger partial charge is 0.480 e. The van der Waals surface area contributed by atoms with Gasteiger partial charge in [-0.05, 0) is 117 Å². The molecule has 2 saturated carbocycles. The van der Waals surface area contributed by atoms with Crippen molar-refractivity contribution in [1.82, 2.24) is 19.6 Å². The van der Waals surface area contributed by atoms with Crippen LogP contribution < -0.4 is 24.4 Å². The third kappa shape index (κ3) is 9.06. The maximum atomic E-state index is 14.1. The summed E-state index contributed by atoms with van der Waals surface area (Å²) in [5.74, 6) is -0.0521. The molecule has 4 fully saturated rings. The molecule has 16 nitrogen and oxygen atoms in total. The van der Waals surface area contributed by atoms with Gasteiger partial charge >= 0.3 is 5.69 Å². The molecule has 2 saturated heterocycles. The van der Waals surface area contributed by atoms with Gasteiger partial charge in [0.05, 0.1) is 58.7 Å². The fraction of sp³-hybridized carbons (Fsp3) is 0.480. The number of nitro benzene ring substituents is 1. The van der Waals surface area contributed by atoms with Crippen LogP contribution in [0.1, 0.15) is 106 Å². The summed E-state index contributed by atoms with van der Waals surface area (Å²) in [5.41, 5.74) is 3.31. The molecule has 3 aromatic carbocycles. The molecule has 354 valence electrons. The first-order valence-corrected chi connectivity index (χ1v) is 25.1. The van der Waals surface area contributed by atoms with Crippen LogP contribution in [-0.4, -0.2) is 96.4 Å². The van der Waals surface area contributed by atoms with Crippen molar-refractivity contribution >= 4 is 44.0 Å². The molecule has 2 atom stereocenters. The number of aliphatic hydroxyl groups is 1. The van der Waals surface area contributed by atoms with E-state index in [1.807, 2.05) is 12.1 Å². The van der Waals surface area contributed by atoms with Gasteiger partial charge in [-0.2, -0.15) is 0 Å². The number of rotatable bonds is 11. The standard InChI is InChI=1S/C50H59N7O9S/c1-31(2)38-6-4-5-7-39(38)43-30-64-21-20-56(43)35-26-50(27-35)15-18-55(19-16-50)34-8-9-40(44(23-34)65-36-22-33-12-17-51-47(33)53-28-36)48(58)54-67(62,63)37-24-41-46(42(25-37)57(60)61)66-45(29-52-41)32-10-13-49(3,59)14-11-32/h4-9,12,17,22-25,28,31-32,35,43,45,52,59H,10-11,13-16,18-21,26-27,29-30H2,1-3H3,(H,51,53)(H,54,58)/t32-,43-,45-,49-/m1/s1. The van der Waals surface area contributed by atoms with E-state index in [0.717, 1.165) is 69.1 Å². The second-order valence-corrected chi connectivity index (χ2v) is 21.6. The van der Waals surface area contributed by atoms with Gasteiger partial charge in [0.15, 0.2) is 0 Å². The Kier molecular flexibility index (Phi) is 11.9. The lowest BCUT2D eigenvalue weighted by molar-refractivity contribution is -0.386. The summed E-state index contributed by atoms with van der Waals surface area (Å²) in [6, 6.07) is 20.5. The highest BCUT2D eigenvalue weighted by atomic mass is 32.2. The molecule has 0 radical (unpaired) electrons. The number of aromatic amines is 1. The van der Waals surface area contributed by atoms with Crippen LogP contribution in [0.5, 0.6) is 17.2 Å². The first kappa shape index (κ1) is 45.1. The lowest BCUT2D eigenvalue weighted by Crippen LogP contribution is -2.58. The summed E-state index contributed by atoms with van der Waals surface area (Å²) >= 11 is 0. The van der Waals surface area contributed by atoms with Gasteiger partial charge in [-0.3, -0.25) is 19.8 Å². The zero-order valence-electron chi connectivity index (χ0n) is 38.2. The number of anilines is 2. The summed E-state index contributed by atoms with van der Waals surface area (Å²) in [4.78, 5) is 37.8. The Morgan fingerprint density at radius 2 is 1.81 bits per heavy atom. The predicted molar refractivity (Wildman–Crippen MR) is 254 cm³/mol. The zero-order valence-corrected chi connectivity index (χ0v) is 39.0. The average Bonchev–Trinajstić information content (AvgIpc) is 3.78. The van der Waals surface area contributed by atoms with Gasteiger partial charge in [-0.15, -0.1) is 0 Å². The van der Waals surface area contributed by atoms with E-state index in [1.165, 1.54) is 23.4 Å². The van der Waals surface area contributed by atoms with E-state index in [9.17, 15) is 28.4 Å². The highest BCUT2D eigenvalue weighted by Gasteiger charge is 2.50. The van der Waals surface area contributed by atoms with Crippen LogP contribution in [0.4, 0.5) is 17.1 Å². The monoisotopic (exact) mass is 933 g/mol. The molecule has 67 heavy (non-hydrogen) atoms. The summed E-state index contributed by atoms with van der Waals surface area (Å²) < 4.78 is 48.7. The number of sulfonamides is 1. The van der Waals surface area contributed by atoms with Gasteiger partial charge in [0.2, 0.25) is 5.75 Å². The number of pyridine rings is 1. The number of carbonyl (C=O) groups excluding carboxylic acids is 1. The maximum Gasteiger partial charge on any atom is 0.314 e. The highest BCUT2D eigenvalue weighted by Crippen LogP contribution is 2.53. The highest BCUT2D eigenvalue weighted by molar-refractivity contribution is 7.90. The van der Waals surface area contributed by atoms with E-state index >= 15 is 0 Å². The molecule has 1 amide bonds. The van der Waals surface area contributed by atoms with Crippen LogP contribution in [0.25, 0.3) is 11.0 Å². The number of fused-ring (bicyclic) bond motifs is 2. The molecule has 17 heteroatoms. The summed E-state index contributed by atoms with van der Waals surface area (Å²) in [6.45, 7) is 10.6. The molecule has 4 N–H and O–H groups in total. The number of hydrogen-bond donors (Lipinski definition) is 4. The van der Waals surface area contributed by atoms with E-state index in [0.29, 0.717) is 62.2 Å². The quantitative estimate of drug-likeness (QED) is 0.0727. The van der Waals surface area contributed by atoms with Gasteiger partial charge in [0.25, 0.3) is 15.9 Å². The first-order valence-electron chi connectivity index (χ1n) is 23.6. The van der Waals surface area contributed by atoms with Crippen molar-refractivity contribution < 1.29 is 37.5 Å². The van der Waals surface area contributed by atoms with Crippen LogP contribution in [0.3, 0.4) is 0 Å². The average molecular weight is 934 g/mol. The van der Waals surface area contributed by atoms with Crippen molar-refractivity contribution in [3.63, 3.8) is 0 Å². The number of H-pyrrole nitrogens is 1. The fourth-order valence-electron chi connectivity index (χ4n) is 11.2. The molecule has 5 aromatic rings. The van der Waals surface area contributed by atoms with E-state index in [-0.39, 0.29) is 40.1 Å². The van der Waals surface area contributed by atoms with Crippen molar-refractivity contribution in [2.24, 2.45) is 11.3 Å². The Hall–Kier alpha value is -5.75. The number of piperidine rings is 1. The number of nitrogens with zero attached hydrogens (tertiary/aromatic N) is 4. The number of morpholine rings is 1. The minimum absolute atomic E-state index is 0.0425. The number of ether oxygens (including phenoxy) is 3. The lowest BCUT2D eigenvalue weighted by atomic mass is 9.59. The number of nitro groups is 1. The first-order chi connectivity index (χ1) is 32.1. The second kappa shape index (κ2) is 17.7.